The van der Waals surface area contributed by atoms with Gasteiger partial charge >= 0.3 is 0 Å². The number of rotatable bonds is 11. The molecular weight excluding hydrogens is 767 g/mol. The van der Waals surface area contributed by atoms with Gasteiger partial charge in [-0.3, -0.25) is 14.4 Å². The van der Waals surface area contributed by atoms with E-state index in [1.54, 1.807) is 0 Å². The zero-order chi connectivity index (χ0) is 24.6. The van der Waals surface area contributed by atoms with Crippen molar-refractivity contribution in [1.82, 2.24) is 15.5 Å². The predicted molar refractivity (Wildman–Crippen MR) is 139 cm³/mol. The number of amides is 3. The van der Waals surface area contributed by atoms with Crippen LogP contribution in [-0.2, 0) is 4.74 Å². The maximum absolute atomic E-state index is 13.2. The third kappa shape index (κ3) is 7.57. The highest BCUT2D eigenvalue weighted by Gasteiger charge is 2.32. The number of carbonyl (C=O) groups is 3. The van der Waals surface area contributed by atoms with Gasteiger partial charge in [0, 0.05) is 38.0 Å². The molecule has 2 unspecified atom stereocenters. The smallest absolute Gasteiger partial charge is 0.255 e. The highest BCUT2D eigenvalue weighted by atomic mass is 127. The van der Waals surface area contributed by atoms with Crippen LogP contribution >= 0.6 is 67.8 Å². The van der Waals surface area contributed by atoms with Crippen molar-refractivity contribution < 1.29 is 39.5 Å². The summed E-state index contributed by atoms with van der Waals surface area (Å²) in [5.74, 6) is -1.77. The third-order valence-electron chi connectivity index (χ3n) is 4.11. The molecule has 0 aliphatic carbocycles. The molecule has 3 amide bonds. The van der Waals surface area contributed by atoms with E-state index in [4.69, 9.17) is 14.9 Å². The van der Waals surface area contributed by atoms with Crippen molar-refractivity contribution in [3.63, 3.8) is 0 Å². The molecule has 1 aromatic rings. The number of nitrogens with zero attached hydrogens (tertiary/aromatic N) is 1. The normalized spacial score (nSPS) is 12.8. The SMILES string of the molecule is COCNC(=O)c1c(I)c(C(=O)NCC(O)CO)c(I)c(C(=O)N(C)CC(O)CO)c1I. The maximum atomic E-state index is 13.2. The Morgan fingerprint density at radius 2 is 1.38 bits per heavy atom. The van der Waals surface area contributed by atoms with Crippen LogP contribution in [0.2, 0.25) is 0 Å². The van der Waals surface area contributed by atoms with Crippen molar-refractivity contribution >= 4 is 85.5 Å². The van der Waals surface area contributed by atoms with E-state index in [-0.39, 0.29) is 43.7 Å². The van der Waals surface area contributed by atoms with E-state index in [0.717, 1.165) is 0 Å². The number of methoxy groups -OCH3 is 1. The highest BCUT2D eigenvalue weighted by Crippen LogP contribution is 2.33. The van der Waals surface area contributed by atoms with Crippen LogP contribution < -0.4 is 10.6 Å². The Labute approximate surface area is 225 Å². The van der Waals surface area contributed by atoms with Crippen molar-refractivity contribution in [1.29, 1.82) is 0 Å². The minimum Gasteiger partial charge on any atom is -0.394 e. The number of aliphatic hydroxyl groups excluding tert-OH is 4. The summed E-state index contributed by atoms with van der Waals surface area (Å²) >= 11 is 5.53. The lowest BCUT2D eigenvalue weighted by Crippen LogP contribution is -2.39. The zero-order valence-electron chi connectivity index (χ0n) is 17.2. The van der Waals surface area contributed by atoms with Crippen molar-refractivity contribution in [3.8, 4) is 0 Å². The lowest BCUT2D eigenvalue weighted by Gasteiger charge is -2.24. The van der Waals surface area contributed by atoms with Gasteiger partial charge in [0.25, 0.3) is 17.7 Å². The zero-order valence-corrected chi connectivity index (χ0v) is 23.7. The maximum Gasteiger partial charge on any atom is 0.255 e. The molecule has 11 nitrogen and oxygen atoms in total. The molecule has 0 aliphatic heterocycles. The van der Waals surface area contributed by atoms with Gasteiger partial charge in [-0.1, -0.05) is 0 Å². The molecule has 6 N–H and O–H groups in total. The topological polar surface area (TPSA) is 169 Å². The fourth-order valence-corrected chi connectivity index (χ4v) is 7.10. The first kappa shape index (κ1) is 29.7. The van der Waals surface area contributed by atoms with Crippen LogP contribution in [0.5, 0.6) is 0 Å². The highest BCUT2D eigenvalue weighted by molar-refractivity contribution is 14.1. The summed E-state index contributed by atoms with van der Waals surface area (Å²) in [7, 11) is 2.82. The lowest BCUT2D eigenvalue weighted by molar-refractivity contribution is 0.0518. The van der Waals surface area contributed by atoms with Crippen LogP contribution in [0.4, 0.5) is 0 Å². The number of hydrogen-bond acceptors (Lipinski definition) is 8. The van der Waals surface area contributed by atoms with Gasteiger partial charge in [0.05, 0.1) is 42.1 Å². The standard InChI is InChI=1S/C18H24I3N3O8/c1-24(4-9(28)6-26)18(31)12-14(20)10(16(29)22-3-8(27)5-25)13(19)11(15(12)21)17(30)23-7-32-2/h8-9,25-28H,3-7H2,1-2H3,(H,22,29)(H,23,30). The van der Waals surface area contributed by atoms with Crippen LogP contribution in [-0.4, -0.2) is 102 Å². The molecule has 1 rings (SSSR count). The average Bonchev–Trinajstić information content (AvgIpc) is 2.75. The first-order valence-electron chi connectivity index (χ1n) is 9.10. The van der Waals surface area contributed by atoms with Crippen LogP contribution in [0.3, 0.4) is 0 Å². The van der Waals surface area contributed by atoms with Crippen molar-refractivity contribution in [2.45, 2.75) is 12.2 Å². The summed E-state index contributed by atoms with van der Waals surface area (Å²) in [5, 5.41) is 42.3. The second-order valence-electron chi connectivity index (χ2n) is 6.57. The Hall–Kier alpha value is -0.380. The van der Waals surface area contributed by atoms with E-state index >= 15 is 0 Å². The molecule has 0 saturated carbocycles. The van der Waals surface area contributed by atoms with Crippen LogP contribution in [0.25, 0.3) is 0 Å². The summed E-state index contributed by atoms with van der Waals surface area (Å²) in [4.78, 5) is 40.1. The van der Waals surface area contributed by atoms with Crippen LogP contribution in [0, 0.1) is 10.7 Å². The van der Waals surface area contributed by atoms with E-state index in [0.29, 0.717) is 3.57 Å². The molecule has 0 radical (unpaired) electrons. The Morgan fingerprint density at radius 1 is 0.906 bits per heavy atom. The number of halogens is 3. The Kier molecular flexibility index (Phi) is 13.1. The van der Waals surface area contributed by atoms with E-state index in [9.17, 15) is 24.6 Å². The second kappa shape index (κ2) is 14.1. The summed E-state index contributed by atoms with van der Waals surface area (Å²) in [6, 6.07) is 0. The van der Waals surface area contributed by atoms with Crippen molar-refractivity contribution in [2.75, 3.05) is 47.2 Å². The number of hydrogen-bond donors (Lipinski definition) is 6. The van der Waals surface area contributed by atoms with E-state index in [1.807, 2.05) is 67.8 Å². The average molecular weight is 791 g/mol. The molecule has 0 bridgehead atoms. The Morgan fingerprint density at radius 3 is 1.84 bits per heavy atom. The van der Waals surface area contributed by atoms with Gasteiger partial charge in [0.2, 0.25) is 0 Å². The molecular formula is C18H24I3N3O8. The van der Waals surface area contributed by atoms with Gasteiger partial charge in [0.15, 0.2) is 0 Å². The molecule has 0 aromatic heterocycles. The van der Waals surface area contributed by atoms with Gasteiger partial charge < -0.3 is 40.7 Å². The summed E-state index contributed by atoms with van der Waals surface area (Å²) in [5.41, 5.74) is 0.226. The fraction of sp³-hybridized carbons (Fsp3) is 0.500. The minimum absolute atomic E-state index is 0.0544. The monoisotopic (exact) mass is 791 g/mol. The molecule has 0 aliphatic rings. The number of likely N-dealkylation sites (N-methyl/N-ethyl adjacent to an activating group) is 1. The molecule has 180 valence electrons. The summed E-state index contributed by atoms with van der Waals surface area (Å²) < 4.78 is 5.72. The van der Waals surface area contributed by atoms with Crippen molar-refractivity contribution in [2.24, 2.45) is 0 Å². The molecule has 14 heteroatoms. The molecule has 0 fully saturated rings. The largest absolute Gasteiger partial charge is 0.394 e. The number of benzene rings is 1. The molecule has 32 heavy (non-hydrogen) atoms. The molecule has 0 heterocycles. The molecule has 0 saturated heterocycles. The van der Waals surface area contributed by atoms with E-state index in [1.165, 1.54) is 19.1 Å². The first-order chi connectivity index (χ1) is 15.0. The molecule has 1 aromatic carbocycles. The summed E-state index contributed by atoms with van der Waals surface area (Å²) in [6.45, 7) is -1.57. The third-order valence-corrected chi connectivity index (χ3v) is 7.35. The van der Waals surface area contributed by atoms with Crippen molar-refractivity contribution in [3.05, 3.63) is 27.4 Å². The van der Waals surface area contributed by atoms with E-state index < -0.39 is 43.1 Å². The lowest BCUT2D eigenvalue weighted by atomic mass is 10.0. The van der Waals surface area contributed by atoms with Crippen LogP contribution in [0.1, 0.15) is 31.1 Å². The molecule has 0 spiro atoms. The number of nitrogens with one attached hydrogen (secondary N) is 2. The summed E-state index contributed by atoms with van der Waals surface area (Å²) in [6.07, 6.45) is -2.33. The Bertz CT molecular complexity index is 855. The van der Waals surface area contributed by atoms with Gasteiger partial charge in [-0.05, 0) is 67.8 Å². The van der Waals surface area contributed by atoms with Gasteiger partial charge in [-0.2, -0.15) is 0 Å². The van der Waals surface area contributed by atoms with Gasteiger partial charge in [0.1, 0.15) is 6.73 Å². The quantitative estimate of drug-likeness (QED) is 0.127. The minimum atomic E-state index is -1.17. The predicted octanol–water partition coefficient (Wildman–Crippen LogP) is -0.658. The van der Waals surface area contributed by atoms with Gasteiger partial charge in [-0.15, -0.1) is 0 Å². The number of carbonyl (C=O) groups excluding carboxylic acids is 3. The Balaban J connectivity index is 3.61. The molecule has 2 atom stereocenters. The number of aliphatic hydroxyl groups is 4. The van der Waals surface area contributed by atoms with Gasteiger partial charge in [-0.25, -0.2) is 0 Å². The number of ether oxygens (including phenoxy) is 1. The second-order valence-corrected chi connectivity index (χ2v) is 9.81. The fourth-order valence-electron chi connectivity index (χ4n) is 2.49. The van der Waals surface area contributed by atoms with E-state index in [2.05, 4.69) is 10.6 Å². The van der Waals surface area contributed by atoms with Crippen LogP contribution in [0.15, 0.2) is 0 Å². The first-order valence-corrected chi connectivity index (χ1v) is 12.3.